The maximum Gasteiger partial charge on any atom is 0.328 e. The zero-order valence-electron chi connectivity index (χ0n) is 13.9. The lowest BCUT2D eigenvalue weighted by Crippen LogP contribution is -2.43. The van der Waals surface area contributed by atoms with E-state index in [0.717, 1.165) is 11.1 Å². The van der Waals surface area contributed by atoms with Crippen LogP contribution in [0.25, 0.3) is 0 Å². The molecule has 1 N–H and O–H groups in total. The molecule has 0 fully saturated rings. The van der Waals surface area contributed by atoms with E-state index in [9.17, 15) is 9.59 Å². The summed E-state index contributed by atoms with van der Waals surface area (Å²) in [5.41, 5.74) is 3.59. The summed E-state index contributed by atoms with van der Waals surface area (Å²) < 4.78 is 4.82. The van der Waals surface area contributed by atoms with Gasteiger partial charge in [0.1, 0.15) is 6.04 Å². The van der Waals surface area contributed by atoms with Gasteiger partial charge in [0.25, 0.3) is 5.91 Å². The molecule has 1 atom stereocenters. The minimum Gasteiger partial charge on any atom is -0.467 e. The van der Waals surface area contributed by atoms with Crippen LogP contribution >= 0.6 is 11.6 Å². The highest BCUT2D eigenvalue weighted by atomic mass is 35.5. The van der Waals surface area contributed by atoms with Crippen LogP contribution in [0.5, 0.6) is 0 Å². The molecular formula is C19H20ClNO3. The monoisotopic (exact) mass is 345 g/mol. The van der Waals surface area contributed by atoms with Crippen molar-refractivity contribution in [3.05, 3.63) is 69.7 Å². The SMILES string of the molecule is COC(=O)[C@H](Cc1ccc(C)c(C)c1)NC(=O)c1ccccc1Cl. The number of nitrogens with one attached hydrogen (secondary N) is 1. The van der Waals surface area contributed by atoms with Crippen LogP contribution in [0.3, 0.4) is 0 Å². The molecule has 0 spiro atoms. The molecule has 5 heteroatoms. The number of carbonyl (C=O) groups is 2. The fraction of sp³-hybridized carbons (Fsp3) is 0.263. The lowest BCUT2D eigenvalue weighted by molar-refractivity contribution is -0.142. The molecule has 126 valence electrons. The van der Waals surface area contributed by atoms with Crippen LogP contribution in [0.4, 0.5) is 0 Å². The van der Waals surface area contributed by atoms with Gasteiger partial charge in [0.05, 0.1) is 17.7 Å². The topological polar surface area (TPSA) is 55.4 Å². The molecule has 0 aliphatic rings. The zero-order valence-corrected chi connectivity index (χ0v) is 14.7. The van der Waals surface area contributed by atoms with Gasteiger partial charge in [0, 0.05) is 6.42 Å². The van der Waals surface area contributed by atoms with Gasteiger partial charge in [-0.05, 0) is 42.7 Å². The highest BCUT2D eigenvalue weighted by Gasteiger charge is 2.23. The molecule has 2 aromatic carbocycles. The molecule has 0 aromatic heterocycles. The van der Waals surface area contributed by atoms with E-state index in [1.807, 2.05) is 32.0 Å². The number of rotatable bonds is 5. The van der Waals surface area contributed by atoms with Crippen molar-refractivity contribution in [1.29, 1.82) is 0 Å². The summed E-state index contributed by atoms with van der Waals surface area (Å²) in [6.45, 7) is 4.03. The third-order valence-electron chi connectivity index (χ3n) is 3.92. The van der Waals surface area contributed by atoms with Gasteiger partial charge in [-0.2, -0.15) is 0 Å². The lowest BCUT2D eigenvalue weighted by Gasteiger charge is -2.17. The lowest BCUT2D eigenvalue weighted by atomic mass is 10.0. The summed E-state index contributed by atoms with van der Waals surface area (Å²) in [7, 11) is 1.30. The first-order valence-corrected chi connectivity index (χ1v) is 7.99. The van der Waals surface area contributed by atoms with Gasteiger partial charge in [-0.25, -0.2) is 4.79 Å². The highest BCUT2D eigenvalue weighted by molar-refractivity contribution is 6.33. The summed E-state index contributed by atoms with van der Waals surface area (Å²) in [5.74, 6) is -0.895. The first-order valence-electron chi connectivity index (χ1n) is 7.61. The largest absolute Gasteiger partial charge is 0.467 e. The van der Waals surface area contributed by atoms with Crippen LogP contribution < -0.4 is 5.32 Å². The van der Waals surface area contributed by atoms with Crippen LogP contribution in [0, 0.1) is 13.8 Å². The van der Waals surface area contributed by atoms with Gasteiger partial charge in [-0.1, -0.05) is 41.9 Å². The number of halogens is 1. The van der Waals surface area contributed by atoms with E-state index >= 15 is 0 Å². The number of esters is 1. The van der Waals surface area contributed by atoms with E-state index < -0.39 is 17.9 Å². The Hall–Kier alpha value is -2.33. The number of methoxy groups -OCH3 is 1. The van der Waals surface area contributed by atoms with Crippen LogP contribution in [0.1, 0.15) is 27.0 Å². The van der Waals surface area contributed by atoms with E-state index in [1.165, 1.54) is 12.7 Å². The van der Waals surface area contributed by atoms with Crippen molar-refractivity contribution < 1.29 is 14.3 Å². The zero-order chi connectivity index (χ0) is 17.7. The molecular weight excluding hydrogens is 326 g/mol. The maximum absolute atomic E-state index is 12.4. The fourth-order valence-electron chi connectivity index (χ4n) is 2.38. The van der Waals surface area contributed by atoms with E-state index in [2.05, 4.69) is 5.32 Å². The second-order valence-electron chi connectivity index (χ2n) is 5.65. The number of ether oxygens (including phenoxy) is 1. The smallest absolute Gasteiger partial charge is 0.328 e. The van der Waals surface area contributed by atoms with E-state index in [-0.39, 0.29) is 0 Å². The molecule has 2 rings (SSSR count). The molecule has 0 aliphatic carbocycles. The van der Waals surface area contributed by atoms with E-state index in [4.69, 9.17) is 16.3 Å². The number of benzene rings is 2. The molecule has 0 heterocycles. The number of aryl methyl sites for hydroxylation is 2. The van der Waals surface area contributed by atoms with Gasteiger partial charge in [0.15, 0.2) is 0 Å². The standard InChI is InChI=1S/C19H20ClNO3/c1-12-8-9-14(10-13(12)2)11-17(19(23)24-3)21-18(22)15-6-4-5-7-16(15)20/h4-10,17H,11H2,1-3H3,(H,21,22)/t17-/m0/s1. The van der Waals surface area contributed by atoms with Gasteiger partial charge < -0.3 is 10.1 Å². The van der Waals surface area contributed by atoms with Crippen molar-refractivity contribution in [3.8, 4) is 0 Å². The molecule has 4 nitrogen and oxygen atoms in total. The highest BCUT2D eigenvalue weighted by Crippen LogP contribution is 2.16. The molecule has 0 bridgehead atoms. The Kier molecular flexibility index (Phi) is 5.99. The third kappa shape index (κ3) is 4.36. The predicted octanol–water partition coefficient (Wildman–Crippen LogP) is 3.47. The molecule has 2 aromatic rings. The molecule has 0 unspecified atom stereocenters. The average Bonchev–Trinajstić information content (AvgIpc) is 2.57. The number of amides is 1. The van der Waals surface area contributed by atoms with E-state index in [1.54, 1.807) is 24.3 Å². The summed E-state index contributed by atoms with van der Waals surface area (Å²) in [4.78, 5) is 24.5. The second kappa shape index (κ2) is 7.97. The number of hydrogen-bond donors (Lipinski definition) is 1. The Labute approximate surface area is 146 Å². The quantitative estimate of drug-likeness (QED) is 0.844. The van der Waals surface area contributed by atoms with Gasteiger partial charge in [-0.3, -0.25) is 4.79 Å². The third-order valence-corrected chi connectivity index (χ3v) is 4.25. The average molecular weight is 346 g/mol. The van der Waals surface area contributed by atoms with Crippen molar-refractivity contribution in [2.75, 3.05) is 7.11 Å². The molecule has 0 aliphatic heterocycles. The normalized spacial score (nSPS) is 11.7. The Morgan fingerprint density at radius 3 is 2.46 bits per heavy atom. The second-order valence-corrected chi connectivity index (χ2v) is 6.06. The fourth-order valence-corrected chi connectivity index (χ4v) is 2.60. The van der Waals surface area contributed by atoms with Gasteiger partial charge in [0.2, 0.25) is 0 Å². The Morgan fingerprint density at radius 1 is 1.12 bits per heavy atom. The first-order chi connectivity index (χ1) is 11.4. The maximum atomic E-state index is 12.4. The van der Waals surface area contributed by atoms with Crippen LogP contribution in [0.15, 0.2) is 42.5 Å². The predicted molar refractivity (Wildman–Crippen MR) is 94.3 cm³/mol. The summed E-state index contributed by atoms with van der Waals surface area (Å²) >= 11 is 6.04. The first kappa shape index (κ1) is 18.0. The van der Waals surface area contributed by atoms with Crippen molar-refractivity contribution in [3.63, 3.8) is 0 Å². The van der Waals surface area contributed by atoms with Crippen LogP contribution in [-0.4, -0.2) is 25.0 Å². The molecule has 1 amide bonds. The Bertz CT molecular complexity index is 758. The van der Waals surface area contributed by atoms with E-state index in [0.29, 0.717) is 17.0 Å². The van der Waals surface area contributed by atoms with Crippen molar-refractivity contribution >= 4 is 23.5 Å². The van der Waals surface area contributed by atoms with Crippen molar-refractivity contribution in [1.82, 2.24) is 5.32 Å². The summed E-state index contributed by atoms with van der Waals surface area (Å²) in [6.07, 6.45) is 0.351. The van der Waals surface area contributed by atoms with Crippen LogP contribution in [0.2, 0.25) is 5.02 Å². The molecule has 0 saturated carbocycles. The Morgan fingerprint density at radius 2 is 1.83 bits per heavy atom. The Balaban J connectivity index is 2.19. The molecule has 24 heavy (non-hydrogen) atoms. The minimum absolute atomic E-state index is 0.327. The minimum atomic E-state index is -0.777. The number of hydrogen-bond acceptors (Lipinski definition) is 3. The van der Waals surface area contributed by atoms with Gasteiger partial charge in [-0.15, -0.1) is 0 Å². The molecule has 0 radical (unpaired) electrons. The van der Waals surface area contributed by atoms with Gasteiger partial charge >= 0.3 is 5.97 Å². The number of carbonyl (C=O) groups excluding carboxylic acids is 2. The summed E-state index contributed by atoms with van der Waals surface area (Å²) in [5, 5.41) is 3.05. The van der Waals surface area contributed by atoms with Crippen LogP contribution in [-0.2, 0) is 16.0 Å². The summed E-state index contributed by atoms with van der Waals surface area (Å²) in [6, 6.07) is 11.9. The van der Waals surface area contributed by atoms with Crippen molar-refractivity contribution in [2.24, 2.45) is 0 Å². The van der Waals surface area contributed by atoms with Crippen molar-refractivity contribution in [2.45, 2.75) is 26.3 Å². The molecule has 0 saturated heterocycles.